The molecule has 28 heavy (non-hydrogen) atoms. The van der Waals surface area contributed by atoms with E-state index < -0.39 is 0 Å². The zero-order chi connectivity index (χ0) is 20.1. The van der Waals surface area contributed by atoms with E-state index in [2.05, 4.69) is 20.6 Å². The van der Waals surface area contributed by atoms with Gasteiger partial charge in [0.15, 0.2) is 5.13 Å². The summed E-state index contributed by atoms with van der Waals surface area (Å²) in [7, 11) is 3.16. The van der Waals surface area contributed by atoms with Crippen LogP contribution in [0.25, 0.3) is 10.8 Å². The molecule has 0 aliphatic heterocycles. The van der Waals surface area contributed by atoms with Crippen LogP contribution in [0.3, 0.4) is 0 Å². The van der Waals surface area contributed by atoms with Gasteiger partial charge in [-0.05, 0) is 6.07 Å². The molecule has 5 N–H and O–H groups in total. The summed E-state index contributed by atoms with van der Waals surface area (Å²) < 4.78 is 10.9. The quantitative estimate of drug-likeness (QED) is 0.446. The number of rotatable bonds is 8. The highest BCUT2D eigenvalue weighted by Gasteiger charge is 2.16. The number of carbonyl (C=O) groups is 1. The number of anilines is 2. The van der Waals surface area contributed by atoms with Crippen LogP contribution in [-0.4, -0.2) is 48.4 Å². The second-order valence-electron chi connectivity index (χ2n) is 5.72. The lowest BCUT2D eigenvalue weighted by molar-refractivity contribution is 0.0940. The minimum atomic E-state index is -0.344. The Morgan fingerprint density at radius 3 is 2.82 bits per heavy atom. The van der Waals surface area contributed by atoms with Crippen LogP contribution in [0.15, 0.2) is 23.7 Å². The number of nitrogens with two attached hydrogens (primary N) is 1. The summed E-state index contributed by atoms with van der Waals surface area (Å²) in [6.07, 6.45) is 1.66. The molecule has 0 saturated carbocycles. The molecule has 0 unspecified atom stereocenters. The number of hydrogen-bond donors (Lipinski definition) is 4. The minimum absolute atomic E-state index is 0.129. The smallest absolute Gasteiger partial charge is 0.270 e. The van der Waals surface area contributed by atoms with Crippen LogP contribution in [0, 0.1) is 0 Å². The van der Waals surface area contributed by atoms with Gasteiger partial charge < -0.3 is 30.9 Å². The third-order valence-electron chi connectivity index (χ3n) is 4.03. The molecule has 9 nitrogen and oxygen atoms in total. The van der Waals surface area contributed by atoms with Crippen LogP contribution in [0.4, 0.5) is 10.8 Å². The molecule has 0 aliphatic carbocycles. The van der Waals surface area contributed by atoms with Crippen molar-refractivity contribution in [2.24, 2.45) is 5.73 Å². The second-order valence-corrected chi connectivity index (χ2v) is 6.58. The number of benzene rings is 1. The molecule has 10 heteroatoms. The summed E-state index contributed by atoms with van der Waals surface area (Å²) in [5, 5.41) is 18.3. The number of aliphatic hydroxyl groups excluding tert-OH is 1. The maximum atomic E-state index is 12.0. The first-order valence-corrected chi connectivity index (χ1v) is 9.34. The Kier molecular flexibility index (Phi) is 6.24. The largest absolute Gasteiger partial charge is 0.497 e. The normalized spacial score (nSPS) is 10.7. The first-order chi connectivity index (χ1) is 13.6. The number of thiazole rings is 1. The molecule has 1 aromatic carbocycles. The SMILES string of the molecule is COc1cc(OC)c2c(CN)ncc(Nc3nc(C(=O)NCCO)cs3)c2c1. The summed E-state index contributed by atoms with van der Waals surface area (Å²) in [6.45, 7) is 0.301. The number of aliphatic hydroxyl groups is 1. The van der Waals surface area contributed by atoms with Gasteiger partial charge in [0.1, 0.15) is 17.2 Å². The van der Waals surface area contributed by atoms with E-state index in [0.717, 1.165) is 10.8 Å². The van der Waals surface area contributed by atoms with Crippen molar-refractivity contribution in [1.82, 2.24) is 15.3 Å². The molecule has 0 fully saturated rings. The van der Waals surface area contributed by atoms with Crippen LogP contribution < -0.4 is 25.8 Å². The van der Waals surface area contributed by atoms with E-state index in [9.17, 15) is 4.79 Å². The van der Waals surface area contributed by atoms with Gasteiger partial charge >= 0.3 is 0 Å². The Balaban J connectivity index is 2.00. The van der Waals surface area contributed by atoms with E-state index in [-0.39, 0.29) is 31.3 Å². The van der Waals surface area contributed by atoms with Crippen molar-refractivity contribution < 1.29 is 19.4 Å². The number of methoxy groups -OCH3 is 2. The van der Waals surface area contributed by atoms with Crippen LogP contribution in [0.2, 0.25) is 0 Å². The van der Waals surface area contributed by atoms with Crippen molar-refractivity contribution in [3.63, 3.8) is 0 Å². The van der Waals surface area contributed by atoms with Crippen molar-refractivity contribution in [3.05, 3.63) is 35.1 Å². The highest BCUT2D eigenvalue weighted by atomic mass is 32.1. The predicted molar refractivity (Wildman–Crippen MR) is 108 cm³/mol. The number of hydrogen-bond acceptors (Lipinski definition) is 9. The van der Waals surface area contributed by atoms with E-state index in [1.165, 1.54) is 11.3 Å². The zero-order valence-electron chi connectivity index (χ0n) is 15.5. The van der Waals surface area contributed by atoms with Crippen molar-refractivity contribution in [2.45, 2.75) is 6.54 Å². The van der Waals surface area contributed by atoms with E-state index in [4.69, 9.17) is 20.3 Å². The molecular formula is C18H21N5O4S. The van der Waals surface area contributed by atoms with E-state index in [1.54, 1.807) is 31.9 Å². The van der Waals surface area contributed by atoms with Gasteiger partial charge in [0.25, 0.3) is 5.91 Å². The van der Waals surface area contributed by atoms with E-state index in [0.29, 0.717) is 28.0 Å². The average molecular weight is 403 g/mol. The number of pyridine rings is 1. The molecule has 0 spiro atoms. The van der Waals surface area contributed by atoms with Gasteiger partial charge in [-0.3, -0.25) is 9.78 Å². The second kappa shape index (κ2) is 8.83. The van der Waals surface area contributed by atoms with Crippen molar-refractivity contribution in [1.29, 1.82) is 0 Å². The fourth-order valence-corrected chi connectivity index (χ4v) is 3.42. The Hall–Kier alpha value is -2.95. The number of carbonyl (C=O) groups excluding carboxylic acids is 1. The molecule has 3 rings (SSSR count). The number of fused-ring (bicyclic) bond motifs is 1. The number of aromatic nitrogens is 2. The van der Waals surface area contributed by atoms with E-state index in [1.807, 2.05) is 6.07 Å². The molecule has 2 aromatic heterocycles. The maximum Gasteiger partial charge on any atom is 0.270 e. The summed E-state index contributed by atoms with van der Waals surface area (Å²) in [6, 6.07) is 3.64. The number of nitrogens with one attached hydrogen (secondary N) is 2. The predicted octanol–water partition coefficient (Wildman–Crippen LogP) is 1.63. The fourth-order valence-electron chi connectivity index (χ4n) is 2.72. The lowest BCUT2D eigenvalue weighted by Crippen LogP contribution is -2.26. The lowest BCUT2D eigenvalue weighted by atomic mass is 10.1. The molecule has 0 bridgehead atoms. The van der Waals surface area contributed by atoms with Gasteiger partial charge in [0.05, 0.1) is 38.4 Å². The average Bonchev–Trinajstić information content (AvgIpc) is 3.20. The first-order valence-electron chi connectivity index (χ1n) is 8.46. The standard InChI is InChI=1S/C18H21N5O4S/c1-26-10-5-11-13(8-21-12(7-19)16(11)15(6-10)27-2)22-18-23-14(9-28-18)17(25)20-3-4-24/h5-6,8-9,24H,3-4,7,19H2,1-2H3,(H,20,25)(H,22,23). The third kappa shape index (κ3) is 3.98. The van der Waals surface area contributed by atoms with Crippen molar-refractivity contribution in [3.8, 4) is 11.5 Å². The minimum Gasteiger partial charge on any atom is -0.497 e. The number of nitrogens with zero attached hydrogens (tertiary/aromatic N) is 2. The molecule has 0 atom stereocenters. The molecular weight excluding hydrogens is 382 g/mol. The van der Waals surface area contributed by atoms with Crippen LogP contribution in [0.5, 0.6) is 11.5 Å². The zero-order valence-corrected chi connectivity index (χ0v) is 16.3. The molecule has 0 saturated heterocycles. The van der Waals surface area contributed by atoms with Gasteiger partial charge in [0, 0.05) is 35.3 Å². The van der Waals surface area contributed by atoms with Crippen molar-refractivity contribution >= 4 is 38.8 Å². The molecule has 2 heterocycles. The molecule has 1 amide bonds. The first kappa shape index (κ1) is 19.8. The van der Waals surface area contributed by atoms with Crippen molar-refractivity contribution in [2.75, 3.05) is 32.7 Å². The van der Waals surface area contributed by atoms with Crippen LogP contribution in [0.1, 0.15) is 16.2 Å². The molecule has 0 radical (unpaired) electrons. The monoisotopic (exact) mass is 403 g/mol. The van der Waals surface area contributed by atoms with E-state index >= 15 is 0 Å². The van der Waals surface area contributed by atoms with Crippen LogP contribution in [-0.2, 0) is 6.54 Å². The van der Waals surface area contributed by atoms with Crippen LogP contribution >= 0.6 is 11.3 Å². The Labute approximate surface area is 165 Å². The highest BCUT2D eigenvalue weighted by Crippen LogP contribution is 2.37. The Morgan fingerprint density at radius 1 is 1.32 bits per heavy atom. The summed E-state index contributed by atoms with van der Waals surface area (Å²) in [5.74, 6) is 0.891. The lowest BCUT2D eigenvalue weighted by Gasteiger charge is -2.14. The van der Waals surface area contributed by atoms with Gasteiger partial charge in [-0.25, -0.2) is 4.98 Å². The Bertz CT molecular complexity index is 992. The fraction of sp³-hybridized carbons (Fsp3) is 0.278. The molecule has 3 aromatic rings. The topological polar surface area (TPSA) is 132 Å². The van der Waals surface area contributed by atoms with Gasteiger partial charge in [-0.1, -0.05) is 0 Å². The summed E-state index contributed by atoms with van der Waals surface area (Å²) in [5.41, 5.74) is 7.50. The Morgan fingerprint density at radius 2 is 2.14 bits per heavy atom. The number of amides is 1. The van der Waals surface area contributed by atoms with Gasteiger partial charge in [-0.15, -0.1) is 11.3 Å². The summed E-state index contributed by atoms with van der Waals surface area (Å²) in [4.78, 5) is 20.7. The summed E-state index contributed by atoms with van der Waals surface area (Å²) >= 11 is 1.28. The third-order valence-corrected chi connectivity index (χ3v) is 4.79. The maximum absolute atomic E-state index is 12.0. The number of ether oxygens (including phenoxy) is 2. The molecule has 0 aliphatic rings. The molecule has 148 valence electrons. The highest BCUT2D eigenvalue weighted by molar-refractivity contribution is 7.14. The van der Waals surface area contributed by atoms with Gasteiger partial charge in [0.2, 0.25) is 0 Å². The van der Waals surface area contributed by atoms with Gasteiger partial charge in [-0.2, -0.15) is 0 Å².